The van der Waals surface area contributed by atoms with Crippen molar-refractivity contribution in [3.63, 3.8) is 0 Å². The minimum atomic E-state index is -5.08. The molecule has 0 radical (unpaired) electrons. The number of pyridine rings is 1. The maximum atomic E-state index is 13.4. The van der Waals surface area contributed by atoms with E-state index in [1.165, 1.54) is 36.8 Å². The zero-order valence-corrected chi connectivity index (χ0v) is 27.7. The van der Waals surface area contributed by atoms with Gasteiger partial charge in [-0.05, 0) is 44.4 Å². The van der Waals surface area contributed by atoms with Crippen LogP contribution < -0.4 is 15.4 Å². The minimum Gasteiger partial charge on any atom is -0.494 e. The number of alkyl halides is 3. The van der Waals surface area contributed by atoms with E-state index in [-0.39, 0.29) is 38.3 Å². The van der Waals surface area contributed by atoms with Gasteiger partial charge in [0.2, 0.25) is 0 Å². The Morgan fingerprint density at radius 1 is 1.09 bits per heavy atom. The number of hydrogen-bond donors (Lipinski definition) is 3. The molecule has 0 fully saturated rings. The molecule has 0 spiro atoms. The quantitative estimate of drug-likeness (QED) is 0.232. The predicted molar refractivity (Wildman–Crippen MR) is 170 cm³/mol. The van der Waals surface area contributed by atoms with Gasteiger partial charge in [-0.1, -0.05) is 34.8 Å². The number of hydrogen-bond acceptors (Lipinski definition) is 9. The number of nitrogens with one attached hydrogen (secondary N) is 2. The van der Waals surface area contributed by atoms with Crippen LogP contribution in [0.3, 0.4) is 0 Å². The Morgan fingerprint density at radius 2 is 1.76 bits per heavy atom. The van der Waals surface area contributed by atoms with Crippen LogP contribution in [0.5, 0.6) is 5.75 Å². The third-order valence-corrected chi connectivity index (χ3v) is 7.94. The summed E-state index contributed by atoms with van der Waals surface area (Å²) in [4.78, 5) is 46.3. The second kappa shape index (κ2) is 15.2. The molecule has 18 heteroatoms. The molecule has 1 aliphatic rings. The Labute approximate surface area is 280 Å². The first-order chi connectivity index (χ1) is 21.4. The van der Waals surface area contributed by atoms with Gasteiger partial charge in [0.25, 0.3) is 17.8 Å². The van der Waals surface area contributed by atoms with Crippen LogP contribution in [0.25, 0.3) is 0 Å². The number of methoxy groups -OCH3 is 1. The first kappa shape index (κ1) is 36.7. The molecule has 1 aromatic carbocycles. The van der Waals surface area contributed by atoms with E-state index in [1.54, 1.807) is 12.1 Å². The maximum absolute atomic E-state index is 13.4. The summed E-state index contributed by atoms with van der Waals surface area (Å²) in [5.41, 5.74) is 0.659. The van der Waals surface area contributed by atoms with Crippen molar-refractivity contribution in [2.75, 3.05) is 30.9 Å². The number of carboxylic acids is 1. The lowest BCUT2D eigenvalue weighted by Crippen LogP contribution is -2.45. The van der Waals surface area contributed by atoms with Gasteiger partial charge in [-0.25, -0.2) is 14.8 Å². The molecule has 0 aliphatic carbocycles. The SMILES string of the molecule is COc1cc(Cl)cc(C(=O)Nc2ccc(Cl)cn2)c1NC(=O)c1scc(CN(C2=NCCO2)C(C)(C)C)c1Cl.O=C(O)C(F)(F)F. The highest BCUT2D eigenvalue weighted by atomic mass is 35.5. The number of anilines is 2. The molecule has 0 unspecified atom stereocenters. The standard InChI is InChI=1S/C26H26Cl3N5O4S.C2HF3O2/c1-26(2,3)34(25-30-7-8-38-25)12-14-13-39-22(20(14)29)24(36)33-21-17(9-16(28)10-18(21)37-4)23(35)32-19-6-5-15(27)11-31-19;3-2(4,5)1(6)7/h5-6,9-11,13H,7-8,12H2,1-4H3,(H,33,36)(H,31,32,35);(H,6,7). The number of aromatic nitrogens is 1. The molecule has 3 aromatic rings. The lowest BCUT2D eigenvalue weighted by atomic mass is 10.1. The average molecular weight is 725 g/mol. The van der Waals surface area contributed by atoms with E-state index in [0.717, 1.165) is 5.56 Å². The van der Waals surface area contributed by atoms with Gasteiger partial charge >= 0.3 is 12.1 Å². The lowest BCUT2D eigenvalue weighted by molar-refractivity contribution is -0.192. The number of nitrogens with zero attached hydrogens (tertiary/aromatic N) is 3. The highest BCUT2D eigenvalue weighted by Crippen LogP contribution is 2.36. The van der Waals surface area contributed by atoms with Crippen molar-refractivity contribution in [3.05, 3.63) is 66.9 Å². The summed E-state index contributed by atoms with van der Waals surface area (Å²) < 4.78 is 42.9. The molecule has 46 heavy (non-hydrogen) atoms. The molecule has 1 aliphatic heterocycles. The van der Waals surface area contributed by atoms with Crippen molar-refractivity contribution < 1.29 is 42.1 Å². The first-order valence-electron chi connectivity index (χ1n) is 13.0. The van der Waals surface area contributed by atoms with Gasteiger partial charge in [-0.2, -0.15) is 13.2 Å². The van der Waals surface area contributed by atoms with E-state index >= 15 is 0 Å². The molecule has 0 bridgehead atoms. The largest absolute Gasteiger partial charge is 0.494 e. The van der Waals surface area contributed by atoms with Crippen LogP contribution in [0, 0.1) is 0 Å². The van der Waals surface area contributed by atoms with Crippen molar-refractivity contribution in [1.82, 2.24) is 9.88 Å². The van der Waals surface area contributed by atoms with Crippen LogP contribution in [-0.2, 0) is 16.1 Å². The van der Waals surface area contributed by atoms with E-state index in [1.807, 2.05) is 31.1 Å². The van der Waals surface area contributed by atoms with Gasteiger partial charge in [0.15, 0.2) is 0 Å². The van der Waals surface area contributed by atoms with Gasteiger partial charge < -0.3 is 30.1 Å². The molecule has 0 saturated heterocycles. The molecule has 3 N–H and O–H groups in total. The summed E-state index contributed by atoms with van der Waals surface area (Å²) in [5.74, 6) is -3.35. The number of carboxylic acid groups (broad SMARTS) is 1. The third kappa shape index (κ3) is 9.61. The van der Waals surface area contributed by atoms with Gasteiger partial charge in [-0.15, -0.1) is 11.3 Å². The average Bonchev–Trinajstić information content (AvgIpc) is 3.62. The smallest absolute Gasteiger partial charge is 0.490 e. The minimum absolute atomic E-state index is 0.0765. The molecule has 3 heterocycles. The fraction of sp³-hybridized carbons (Fsp3) is 0.321. The summed E-state index contributed by atoms with van der Waals surface area (Å²) in [5, 5.41) is 15.4. The normalized spacial score (nSPS) is 12.7. The van der Waals surface area contributed by atoms with E-state index in [0.29, 0.717) is 35.8 Å². The summed E-state index contributed by atoms with van der Waals surface area (Å²) >= 11 is 20.0. The molecule has 4 rings (SSSR count). The predicted octanol–water partition coefficient (Wildman–Crippen LogP) is 7.24. The summed E-state index contributed by atoms with van der Waals surface area (Å²) in [7, 11) is 1.41. The number of benzene rings is 1. The van der Waals surface area contributed by atoms with Crippen molar-refractivity contribution in [3.8, 4) is 5.75 Å². The highest BCUT2D eigenvalue weighted by molar-refractivity contribution is 7.13. The van der Waals surface area contributed by atoms with Crippen LogP contribution in [0.15, 0.2) is 40.8 Å². The summed E-state index contributed by atoms with van der Waals surface area (Å²) in [6.07, 6.45) is -3.68. The zero-order valence-electron chi connectivity index (χ0n) is 24.6. The first-order valence-corrected chi connectivity index (χ1v) is 15.1. The van der Waals surface area contributed by atoms with Crippen molar-refractivity contribution in [2.45, 2.75) is 39.0 Å². The lowest BCUT2D eigenvalue weighted by Gasteiger charge is -2.36. The van der Waals surface area contributed by atoms with Crippen LogP contribution in [0.2, 0.25) is 15.1 Å². The van der Waals surface area contributed by atoms with Crippen LogP contribution in [0.4, 0.5) is 24.7 Å². The number of carbonyl (C=O) groups excluding carboxylic acids is 2. The number of amides is 2. The van der Waals surface area contributed by atoms with Gasteiger partial charge in [0, 0.05) is 28.4 Å². The third-order valence-electron chi connectivity index (χ3n) is 5.93. The maximum Gasteiger partial charge on any atom is 0.490 e. The topological polar surface area (TPSA) is 142 Å². The zero-order chi connectivity index (χ0) is 34.4. The fourth-order valence-corrected chi connectivity index (χ4v) is 5.31. The van der Waals surface area contributed by atoms with Gasteiger partial charge in [-0.3, -0.25) is 9.59 Å². The Kier molecular flexibility index (Phi) is 12.1. The molecule has 2 aromatic heterocycles. The molecule has 0 atom stereocenters. The molecule has 248 valence electrons. The number of ether oxygens (including phenoxy) is 2. The molecule has 0 saturated carbocycles. The van der Waals surface area contributed by atoms with Crippen LogP contribution >= 0.6 is 46.1 Å². The van der Waals surface area contributed by atoms with Crippen molar-refractivity contribution in [2.24, 2.45) is 4.99 Å². The van der Waals surface area contributed by atoms with Crippen LogP contribution in [-0.4, -0.2) is 70.8 Å². The number of amidine groups is 1. The summed E-state index contributed by atoms with van der Waals surface area (Å²) in [6, 6.07) is 6.62. The Balaban J connectivity index is 0.000000738. The Morgan fingerprint density at radius 3 is 2.28 bits per heavy atom. The molecular weight excluding hydrogens is 698 g/mol. The van der Waals surface area contributed by atoms with E-state index in [4.69, 9.17) is 54.2 Å². The number of aliphatic imine (C=N–C) groups is 1. The number of rotatable bonds is 7. The van der Waals surface area contributed by atoms with Crippen molar-refractivity contribution >= 4 is 81.5 Å². The Hall–Kier alpha value is -3.79. The van der Waals surface area contributed by atoms with Crippen LogP contribution in [0.1, 0.15) is 46.4 Å². The van der Waals surface area contributed by atoms with Gasteiger partial charge in [0.1, 0.15) is 23.1 Å². The van der Waals surface area contributed by atoms with E-state index in [9.17, 15) is 22.8 Å². The number of carbonyl (C=O) groups is 3. The van der Waals surface area contributed by atoms with Crippen molar-refractivity contribution in [1.29, 1.82) is 0 Å². The number of thiophene rings is 1. The second-order valence-corrected chi connectivity index (χ2v) is 12.4. The molecular formula is C28H27Cl3F3N5O6S. The summed E-state index contributed by atoms with van der Waals surface area (Å²) in [6.45, 7) is 7.66. The highest BCUT2D eigenvalue weighted by Gasteiger charge is 2.38. The van der Waals surface area contributed by atoms with Gasteiger partial charge in [0.05, 0.1) is 41.5 Å². The number of halogens is 6. The Bertz CT molecular complexity index is 1630. The second-order valence-electron chi connectivity index (χ2n) is 10.3. The van der Waals surface area contributed by atoms with E-state index in [2.05, 4.69) is 20.6 Å². The number of aliphatic carboxylic acids is 1. The monoisotopic (exact) mass is 723 g/mol. The van der Waals surface area contributed by atoms with E-state index < -0.39 is 24.0 Å². The molecule has 2 amide bonds. The molecule has 11 nitrogen and oxygen atoms in total. The fourth-order valence-electron chi connectivity index (χ4n) is 3.74.